The first-order chi connectivity index (χ1) is 7.66. The highest BCUT2D eigenvalue weighted by Crippen LogP contribution is 2.22. The molecule has 0 aromatic heterocycles. The Morgan fingerprint density at radius 1 is 0.688 bits per heavy atom. The van der Waals surface area contributed by atoms with Crippen molar-refractivity contribution < 1.29 is 13.7 Å². The van der Waals surface area contributed by atoms with E-state index in [4.69, 9.17) is 0 Å². The van der Waals surface area contributed by atoms with Gasteiger partial charge >= 0.3 is 0 Å². The Hall–Kier alpha value is -1.31. The van der Waals surface area contributed by atoms with Gasteiger partial charge in [-0.2, -0.15) is 0 Å². The molecular formula is C12H8F2OP-. The van der Waals surface area contributed by atoms with E-state index in [9.17, 15) is 13.7 Å². The van der Waals surface area contributed by atoms with Crippen molar-refractivity contribution in [3.05, 3.63) is 60.2 Å². The summed E-state index contributed by atoms with van der Waals surface area (Å²) < 4.78 is 25.3. The molecule has 0 fully saturated rings. The van der Waals surface area contributed by atoms with Crippen molar-refractivity contribution in [1.29, 1.82) is 0 Å². The Morgan fingerprint density at radius 3 is 1.31 bits per heavy atom. The lowest BCUT2D eigenvalue weighted by molar-refractivity contribution is -0.153. The summed E-state index contributed by atoms with van der Waals surface area (Å²) in [5, 5.41) is 1.06. The molecule has 0 amide bonds. The predicted octanol–water partition coefficient (Wildman–Crippen LogP) is 1.67. The molecule has 1 nitrogen and oxygen atoms in total. The van der Waals surface area contributed by atoms with Gasteiger partial charge in [0.25, 0.3) is 0 Å². The van der Waals surface area contributed by atoms with Gasteiger partial charge in [0, 0.05) is 0 Å². The summed E-state index contributed by atoms with van der Waals surface area (Å²) >= 11 is 0. The maximum atomic E-state index is 12.7. The Kier molecular flexibility index (Phi) is 3.28. The molecule has 0 N–H and O–H groups in total. The molecule has 0 saturated heterocycles. The fourth-order valence-electron chi connectivity index (χ4n) is 1.30. The minimum absolute atomic E-state index is 0.369. The van der Waals surface area contributed by atoms with Crippen molar-refractivity contribution in [2.24, 2.45) is 0 Å². The van der Waals surface area contributed by atoms with E-state index in [1.807, 2.05) is 0 Å². The third-order valence-electron chi connectivity index (χ3n) is 2.12. The molecule has 0 bridgehead atoms. The van der Waals surface area contributed by atoms with Gasteiger partial charge in [0.1, 0.15) is 11.6 Å². The van der Waals surface area contributed by atoms with Crippen molar-refractivity contribution in [3.63, 3.8) is 0 Å². The summed E-state index contributed by atoms with van der Waals surface area (Å²) in [7, 11) is -1.78. The van der Waals surface area contributed by atoms with Gasteiger partial charge in [0.15, 0.2) is 0 Å². The van der Waals surface area contributed by atoms with Crippen LogP contribution in [0.4, 0.5) is 8.78 Å². The van der Waals surface area contributed by atoms with Gasteiger partial charge in [-0.1, -0.05) is 24.3 Å². The molecule has 2 aromatic rings. The van der Waals surface area contributed by atoms with Crippen LogP contribution in [0, 0.1) is 11.6 Å². The summed E-state index contributed by atoms with van der Waals surface area (Å²) in [5.74, 6) is -0.738. The fourth-order valence-corrected chi connectivity index (χ4v) is 2.44. The molecule has 0 atom stereocenters. The van der Waals surface area contributed by atoms with Crippen LogP contribution in [0.3, 0.4) is 0 Å². The number of hydrogen-bond acceptors (Lipinski definition) is 1. The Bertz CT molecular complexity index is 422. The lowest BCUT2D eigenvalue weighted by atomic mass is 10.3. The quantitative estimate of drug-likeness (QED) is 0.728. The SMILES string of the molecule is [O-]P(c1ccc(F)cc1)c1ccc(F)cc1. The standard InChI is InChI=1S/C12H8F2OP/c13-9-1-5-11(6-2-9)16(15)12-7-3-10(14)4-8-12/h1-8H/q-1. The average molecular weight is 237 g/mol. The van der Waals surface area contributed by atoms with Crippen molar-refractivity contribution in [1.82, 2.24) is 0 Å². The minimum atomic E-state index is -1.78. The summed E-state index contributed by atoms with van der Waals surface area (Å²) in [6, 6.07) is 10.9. The molecule has 2 aromatic carbocycles. The van der Waals surface area contributed by atoms with Crippen LogP contribution in [-0.2, 0) is 0 Å². The van der Waals surface area contributed by atoms with Gasteiger partial charge in [-0.15, -0.1) is 8.15 Å². The predicted molar refractivity (Wildman–Crippen MR) is 59.0 cm³/mol. The smallest absolute Gasteiger partial charge is 0.123 e. The highest BCUT2D eigenvalue weighted by Gasteiger charge is 2.01. The lowest BCUT2D eigenvalue weighted by Crippen LogP contribution is -2.20. The molecule has 2 rings (SSSR count). The zero-order valence-electron chi connectivity index (χ0n) is 8.23. The van der Waals surface area contributed by atoms with E-state index in [0.29, 0.717) is 10.6 Å². The number of rotatable bonds is 2. The van der Waals surface area contributed by atoms with E-state index in [1.165, 1.54) is 48.5 Å². The molecule has 16 heavy (non-hydrogen) atoms. The van der Waals surface area contributed by atoms with Crippen molar-refractivity contribution in [2.75, 3.05) is 0 Å². The first kappa shape index (κ1) is 11.2. The zero-order valence-corrected chi connectivity index (χ0v) is 9.12. The molecule has 0 aliphatic heterocycles. The molecule has 0 aliphatic rings. The van der Waals surface area contributed by atoms with Gasteiger partial charge in [0.2, 0.25) is 0 Å². The average Bonchev–Trinajstić information content (AvgIpc) is 2.30. The van der Waals surface area contributed by atoms with Crippen molar-refractivity contribution >= 4 is 18.8 Å². The fraction of sp³-hybridized carbons (Fsp3) is 0. The normalized spacial score (nSPS) is 10.8. The number of hydrogen-bond donors (Lipinski definition) is 0. The van der Waals surface area contributed by atoms with Crippen LogP contribution in [0.15, 0.2) is 48.5 Å². The molecule has 4 heteroatoms. The van der Waals surface area contributed by atoms with Crippen LogP contribution in [0.2, 0.25) is 0 Å². The molecule has 0 radical (unpaired) electrons. The van der Waals surface area contributed by atoms with Gasteiger partial charge in [-0.05, 0) is 34.9 Å². The van der Waals surface area contributed by atoms with Gasteiger partial charge < -0.3 is 4.89 Å². The summed E-state index contributed by atoms with van der Waals surface area (Å²) in [5.41, 5.74) is 0. The molecule has 0 spiro atoms. The summed E-state index contributed by atoms with van der Waals surface area (Å²) in [4.78, 5) is 12.0. The van der Waals surface area contributed by atoms with E-state index < -0.39 is 8.15 Å². The highest BCUT2D eigenvalue weighted by molar-refractivity contribution is 7.66. The van der Waals surface area contributed by atoms with E-state index in [1.54, 1.807) is 0 Å². The molecule has 82 valence electrons. The Balaban J connectivity index is 2.28. The summed E-state index contributed by atoms with van der Waals surface area (Å²) in [6.45, 7) is 0. The number of halogens is 2. The van der Waals surface area contributed by atoms with Crippen molar-refractivity contribution in [3.8, 4) is 0 Å². The van der Waals surface area contributed by atoms with Crippen LogP contribution in [-0.4, -0.2) is 0 Å². The van der Waals surface area contributed by atoms with Crippen molar-refractivity contribution in [2.45, 2.75) is 0 Å². The van der Waals surface area contributed by atoms with Gasteiger partial charge in [0.05, 0.1) is 0 Å². The second-order valence-corrected chi connectivity index (χ2v) is 4.87. The molecular weight excluding hydrogens is 229 g/mol. The largest absolute Gasteiger partial charge is 0.822 e. The zero-order chi connectivity index (χ0) is 11.5. The molecule has 0 aliphatic carbocycles. The van der Waals surface area contributed by atoms with E-state index in [-0.39, 0.29) is 11.6 Å². The van der Waals surface area contributed by atoms with Crippen LogP contribution in [0.25, 0.3) is 0 Å². The highest BCUT2D eigenvalue weighted by atomic mass is 31.1. The first-order valence-electron chi connectivity index (χ1n) is 4.65. The van der Waals surface area contributed by atoms with Gasteiger partial charge in [-0.25, -0.2) is 8.78 Å². The Labute approximate surface area is 93.2 Å². The van der Waals surface area contributed by atoms with E-state index in [0.717, 1.165) is 0 Å². The summed E-state index contributed by atoms with van der Waals surface area (Å²) in [6.07, 6.45) is 0. The topological polar surface area (TPSA) is 23.1 Å². The minimum Gasteiger partial charge on any atom is -0.822 e. The van der Waals surface area contributed by atoms with Crippen LogP contribution < -0.4 is 15.5 Å². The van der Waals surface area contributed by atoms with E-state index >= 15 is 0 Å². The number of benzene rings is 2. The first-order valence-corrected chi connectivity index (χ1v) is 5.91. The van der Waals surface area contributed by atoms with Gasteiger partial charge in [-0.3, -0.25) is 0 Å². The second kappa shape index (κ2) is 4.69. The van der Waals surface area contributed by atoms with Crippen LogP contribution in [0.1, 0.15) is 0 Å². The maximum Gasteiger partial charge on any atom is 0.123 e. The Morgan fingerprint density at radius 2 is 1.00 bits per heavy atom. The third kappa shape index (κ3) is 2.43. The molecule has 0 saturated carbocycles. The lowest BCUT2D eigenvalue weighted by Gasteiger charge is -2.24. The molecule has 0 heterocycles. The van der Waals surface area contributed by atoms with Crippen LogP contribution in [0.5, 0.6) is 0 Å². The van der Waals surface area contributed by atoms with Crippen LogP contribution >= 0.6 is 8.15 Å². The molecule has 0 unspecified atom stereocenters. The maximum absolute atomic E-state index is 12.7. The second-order valence-electron chi connectivity index (χ2n) is 3.25. The monoisotopic (exact) mass is 237 g/mol. The third-order valence-corrected chi connectivity index (χ3v) is 3.66. The van der Waals surface area contributed by atoms with E-state index in [2.05, 4.69) is 0 Å².